The maximum atomic E-state index is 11.2. The zero-order chi connectivity index (χ0) is 15.6. The third-order valence-electron chi connectivity index (χ3n) is 3.10. The number of carbonyl (C=O) groups is 1. The van der Waals surface area contributed by atoms with Gasteiger partial charge in [0.05, 0.1) is 0 Å². The molecule has 22 heavy (non-hydrogen) atoms. The van der Waals surface area contributed by atoms with Crippen LogP contribution in [0.3, 0.4) is 0 Å². The van der Waals surface area contributed by atoms with Crippen LogP contribution in [0.4, 0.5) is 0 Å². The van der Waals surface area contributed by atoms with E-state index >= 15 is 0 Å². The summed E-state index contributed by atoms with van der Waals surface area (Å²) >= 11 is 0. The predicted octanol–water partition coefficient (Wildman–Crippen LogP) is 4.74. The van der Waals surface area contributed by atoms with Crippen LogP contribution < -0.4 is 0 Å². The van der Waals surface area contributed by atoms with Crippen LogP contribution in [0.5, 0.6) is 0 Å². The van der Waals surface area contributed by atoms with Crippen molar-refractivity contribution in [2.75, 3.05) is 0 Å². The Morgan fingerprint density at radius 2 is 1.50 bits per heavy atom. The van der Waals surface area contributed by atoms with Crippen molar-refractivity contribution >= 4 is 18.1 Å². The molecule has 1 unspecified atom stereocenters. The van der Waals surface area contributed by atoms with Crippen LogP contribution in [0, 0.1) is 0 Å². The van der Waals surface area contributed by atoms with Crippen molar-refractivity contribution in [3.8, 4) is 0 Å². The highest BCUT2D eigenvalue weighted by Crippen LogP contribution is 2.09. The Morgan fingerprint density at radius 3 is 2.05 bits per heavy atom. The second-order valence-corrected chi connectivity index (χ2v) is 4.97. The summed E-state index contributed by atoms with van der Waals surface area (Å²) in [4.78, 5) is 11.2. The monoisotopic (exact) mass is 292 g/mol. The van der Waals surface area contributed by atoms with E-state index in [0.29, 0.717) is 6.42 Å². The van der Waals surface area contributed by atoms with Gasteiger partial charge < -0.3 is 4.74 Å². The van der Waals surface area contributed by atoms with Crippen LogP contribution in [0.25, 0.3) is 12.2 Å². The molecular weight excluding hydrogens is 272 g/mol. The summed E-state index contributed by atoms with van der Waals surface area (Å²) in [7, 11) is 0. The second kappa shape index (κ2) is 8.63. The van der Waals surface area contributed by atoms with Gasteiger partial charge in [-0.1, -0.05) is 78.9 Å². The van der Waals surface area contributed by atoms with E-state index in [9.17, 15) is 4.79 Å². The summed E-state index contributed by atoms with van der Waals surface area (Å²) in [5, 5.41) is 0. The van der Waals surface area contributed by atoms with Crippen molar-refractivity contribution < 1.29 is 9.53 Å². The molecule has 2 rings (SSSR count). The highest BCUT2D eigenvalue weighted by molar-refractivity contribution is 5.66. The molecule has 2 aromatic carbocycles. The minimum Gasteiger partial charge on any atom is -0.458 e. The van der Waals surface area contributed by atoms with E-state index in [-0.39, 0.29) is 12.1 Å². The lowest BCUT2D eigenvalue weighted by Crippen LogP contribution is -2.12. The first kappa shape index (κ1) is 15.8. The van der Waals surface area contributed by atoms with Gasteiger partial charge in [0.2, 0.25) is 0 Å². The molecule has 0 saturated carbocycles. The molecular formula is C20H20O2. The van der Waals surface area contributed by atoms with Crippen molar-refractivity contribution in [3.05, 3.63) is 83.9 Å². The number of benzene rings is 2. The summed E-state index contributed by atoms with van der Waals surface area (Å²) in [6.45, 7) is 1.43. The van der Waals surface area contributed by atoms with Gasteiger partial charge in [-0.2, -0.15) is 0 Å². The molecule has 2 heteroatoms. The van der Waals surface area contributed by atoms with Crippen LogP contribution in [-0.2, 0) is 9.53 Å². The fourth-order valence-electron chi connectivity index (χ4n) is 2.06. The number of rotatable bonds is 6. The van der Waals surface area contributed by atoms with Crippen LogP contribution in [0.15, 0.2) is 72.8 Å². The van der Waals surface area contributed by atoms with Gasteiger partial charge in [0.1, 0.15) is 6.10 Å². The van der Waals surface area contributed by atoms with Crippen molar-refractivity contribution in [2.24, 2.45) is 0 Å². The Balaban J connectivity index is 1.98. The summed E-state index contributed by atoms with van der Waals surface area (Å²) in [6.07, 6.45) is 8.36. The van der Waals surface area contributed by atoms with E-state index in [0.717, 1.165) is 11.1 Å². The smallest absolute Gasteiger partial charge is 0.303 e. The molecule has 0 spiro atoms. The largest absolute Gasteiger partial charge is 0.458 e. The Kier molecular flexibility index (Phi) is 6.18. The van der Waals surface area contributed by atoms with Gasteiger partial charge in [-0.05, 0) is 17.2 Å². The number of carbonyl (C=O) groups excluding carboxylic acids is 1. The van der Waals surface area contributed by atoms with E-state index in [1.807, 2.05) is 85.0 Å². The standard InChI is InChI=1S/C20H20O2/c1-17(21)22-20(16-15-19-11-6-3-7-12-19)14-8-13-18-9-4-2-5-10-18/h2-13,15-16,20H,14H2,1H3. The molecule has 0 heterocycles. The van der Waals surface area contributed by atoms with Crippen LogP contribution in [0.1, 0.15) is 24.5 Å². The highest BCUT2D eigenvalue weighted by Gasteiger charge is 2.05. The van der Waals surface area contributed by atoms with Crippen LogP contribution in [0.2, 0.25) is 0 Å². The number of ether oxygens (including phenoxy) is 1. The topological polar surface area (TPSA) is 26.3 Å². The maximum absolute atomic E-state index is 11.2. The van der Waals surface area contributed by atoms with Gasteiger partial charge in [0, 0.05) is 13.3 Å². The number of esters is 1. The van der Waals surface area contributed by atoms with Gasteiger partial charge in [-0.25, -0.2) is 0 Å². The van der Waals surface area contributed by atoms with Gasteiger partial charge in [0.15, 0.2) is 0 Å². The van der Waals surface area contributed by atoms with Gasteiger partial charge in [0.25, 0.3) is 0 Å². The van der Waals surface area contributed by atoms with Crippen molar-refractivity contribution in [1.29, 1.82) is 0 Å². The summed E-state index contributed by atoms with van der Waals surface area (Å²) in [6, 6.07) is 20.0. The molecule has 2 aromatic rings. The normalized spacial score (nSPS) is 12.6. The predicted molar refractivity (Wildman–Crippen MR) is 91.1 cm³/mol. The molecule has 0 fully saturated rings. The average molecular weight is 292 g/mol. The highest BCUT2D eigenvalue weighted by atomic mass is 16.5. The van der Waals surface area contributed by atoms with E-state index in [4.69, 9.17) is 4.74 Å². The van der Waals surface area contributed by atoms with Gasteiger partial charge >= 0.3 is 5.97 Å². The Morgan fingerprint density at radius 1 is 0.955 bits per heavy atom. The third-order valence-corrected chi connectivity index (χ3v) is 3.10. The second-order valence-electron chi connectivity index (χ2n) is 4.97. The molecule has 0 aliphatic heterocycles. The SMILES string of the molecule is CC(=O)OC(C=Cc1ccccc1)CC=Cc1ccccc1. The first-order chi connectivity index (χ1) is 10.7. The van der Waals surface area contributed by atoms with Crippen molar-refractivity contribution in [3.63, 3.8) is 0 Å². The summed E-state index contributed by atoms with van der Waals surface area (Å²) in [5.41, 5.74) is 2.22. The zero-order valence-electron chi connectivity index (χ0n) is 12.7. The molecule has 1 atom stereocenters. The molecule has 112 valence electrons. The Hall–Kier alpha value is -2.61. The Bertz CT molecular complexity index is 627. The van der Waals surface area contributed by atoms with Gasteiger partial charge in [-0.3, -0.25) is 4.79 Å². The fourth-order valence-corrected chi connectivity index (χ4v) is 2.06. The van der Waals surface area contributed by atoms with Crippen LogP contribution in [-0.4, -0.2) is 12.1 Å². The molecule has 0 radical (unpaired) electrons. The lowest BCUT2D eigenvalue weighted by atomic mass is 10.1. The van der Waals surface area contributed by atoms with E-state index < -0.39 is 0 Å². The molecule has 0 aliphatic carbocycles. The quantitative estimate of drug-likeness (QED) is 0.719. The van der Waals surface area contributed by atoms with E-state index in [1.165, 1.54) is 6.92 Å². The van der Waals surface area contributed by atoms with Crippen molar-refractivity contribution in [1.82, 2.24) is 0 Å². The summed E-state index contributed by atoms with van der Waals surface area (Å²) < 4.78 is 5.33. The maximum Gasteiger partial charge on any atom is 0.303 e. The average Bonchev–Trinajstić information content (AvgIpc) is 2.54. The molecule has 2 nitrogen and oxygen atoms in total. The minimum atomic E-state index is -0.268. The molecule has 0 bridgehead atoms. The number of hydrogen-bond donors (Lipinski definition) is 0. The molecule has 0 aromatic heterocycles. The minimum absolute atomic E-state index is 0.252. The molecule has 0 amide bonds. The van der Waals surface area contributed by atoms with E-state index in [2.05, 4.69) is 0 Å². The first-order valence-electron chi connectivity index (χ1n) is 7.36. The first-order valence-corrected chi connectivity index (χ1v) is 7.36. The van der Waals surface area contributed by atoms with Crippen molar-refractivity contribution in [2.45, 2.75) is 19.4 Å². The van der Waals surface area contributed by atoms with Crippen LogP contribution >= 0.6 is 0 Å². The van der Waals surface area contributed by atoms with E-state index in [1.54, 1.807) is 0 Å². The number of hydrogen-bond acceptors (Lipinski definition) is 2. The molecule has 0 saturated heterocycles. The molecule has 0 aliphatic rings. The lowest BCUT2D eigenvalue weighted by Gasteiger charge is -2.10. The fraction of sp³-hybridized carbons (Fsp3) is 0.150. The third kappa shape index (κ3) is 5.80. The molecule has 0 N–H and O–H groups in total. The Labute approximate surface area is 131 Å². The van der Waals surface area contributed by atoms with Gasteiger partial charge in [-0.15, -0.1) is 0 Å². The summed E-state index contributed by atoms with van der Waals surface area (Å²) in [5.74, 6) is -0.268. The lowest BCUT2D eigenvalue weighted by molar-refractivity contribution is -0.143. The zero-order valence-corrected chi connectivity index (χ0v) is 12.7.